The van der Waals surface area contributed by atoms with E-state index in [1.165, 1.54) is 11.9 Å². The summed E-state index contributed by atoms with van der Waals surface area (Å²) >= 11 is 0. The van der Waals surface area contributed by atoms with Crippen molar-refractivity contribution in [3.05, 3.63) is 29.6 Å². The van der Waals surface area contributed by atoms with Gasteiger partial charge in [-0.1, -0.05) is 0 Å². The molecule has 1 aromatic rings. The van der Waals surface area contributed by atoms with Crippen molar-refractivity contribution >= 4 is 11.7 Å². The maximum absolute atomic E-state index is 13.0. The SMILES string of the molecule is CCN(C)C(=O)Nc1ccc(F)c(C(F)(F)F)c1. The lowest BCUT2D eigenvalue weighted by Gasteiger charge is -2.16. The summed E-state index contributed by atoms with van der Waals surface area (Å²) in [6, 6.07) is 1.75. The maximum Gasteiger partial charge on any atom is 0.419 e. The number of alkyl halides is 3. The quantitative estimate of drug-likeness (QED) is 0.816. The first-order valence-electron chi connectivity index (χ1n) is 5.14. The highest BCUT2D eigenvalue weighted by Gasteiger charge is 2.34. The number of amides is 2. The number of hydrogen-bond donors (Lipinski definition) is 1. The van der Waals surface area contributed by atoms with Crippen LogP contribution in [0.15, 0.2) is 18.2 Å². The van der Waals surface area contributed by atoms with E-state index in [0.29, 0.717) is 18.7 Å². The Balaban J connectivity index is 2.96. The second-order valence-electron chi connectivity index (χ2n) is 3.64. The third kappa shape index (κ3) is 3.35. The van der Waals surface area contributed by atoms with Crippen LogP contribution in [-0.4, -0.2) is 24.5 Å². The van der Waals surface area contributed by atoms with E-state index in [1.807, 2.05) is 0 Å². The number of urea groups is 1. The summed E-state index contributed by atoms with van der Waals surface area (Å²) in [5, 5.41) is 2.25. The molecule has 0 saturated carbocycles. The average Bonchev–Trinajstić information content (AvgIpc) is 2.29. The Kier molecular flexibility index (Phi) is 4.15. The van der Waals surface area contributed by atoms with Crippen molar-refractivity contribution in [3.63, 3.8) is 0 Å². The molecular formula is C11H12F4N2O. The Labute approximate surface area is 101 Å². The van der Waals surface area contributed by atoms with E-state index in [4.69, 9.17) is 0 Å². The van der Waals surface area contributed by atoms with E-state index in [2.05, 4.69) is 5.32 Å². The minimum absolute atomic E-state index is 0.103. The van der Waals surface area contributed by atoms with Gasteiger partial charge in [0.05, 0.1) is 5.56 Å². The van der Waals surface area contributed by atoms with Gasteiger partial charge in [0, 0.05) is 19.3 Å². The molecular weight excluding hydrogens is 252 g/mol. The van der Waals surface area contributed by atoms with Crippen molar-refractivity contribution in [3.8, 4) is 0 Å². The van der Waals surface area contributed by atoms with Crippen molar-refractivity contribution in [1.29, 1.82) is 0 Å². The van der Waals surface area contributed by atoms with E-state index in [9.17, 15) is 22.4 Å². The molecule has 2 amide bonds. The van der Waals surface area contributed by atoms with Crippen LogP contribution in [0.25, 0.3) is 0 Å². The zero-order valence-electron chi connectivity index (χ0n) is 9.81. The fraction of sp³-hybridized carbons (Fsp3) is 0.364. The van der Waals surface area contributed by atoms with Crippen molar-refractivity contribution in [2.75, 3.05) is 18.9 Å². The molecule has 7 heteroatoms. The predicted octanol–water partition coefficient (Wildman–Crippen LogP) is 3.33. The molecule has 18 heavy (non-hydrogen) atoms. The molecule has 0 radical (unpaired) electrons. The van der Waals surface area contributed by atoms with E-state index >= 15 is 0 Å². The highest BCUT2D eigenvalue weighted by atomic mass is 19.4. The van der Waals surface area contributed by atoms with Gasteiger partial charge in [0.15, 0.2) is 0 Å². The van der Waals surface area contributed by atoms with Crippen molar-refractivity contribution < 1.29 is 22.4 Å². The number of carbonyl (C=O) groups excluding carboxylic acids is 1. The van der Waals surface area contributed by atoms with Crippen molar-refractivity contribution in [1.82, 2.24) is 4.90 Å². The minimum atomic E-state index is -4.79. The summed E-state index contributed by atoms with van der Waals surface area (Å²) in [7, 11) is 1.49. The Morgan fingerprint density at radius 1 is 1.39 bits per heavy atom. The smallest absolute Gasteiger partial charge is 0.328 e. The molecule has 0 fully saturated rings. The summed E-state index contributed by atoms with van der Waals surface area (Å²) in [6.45, 7) is 2.12. The first kappa shape index (κ1) is 14.3. The fourth-order valence-corrected chi connectivity index (χ4v) is 1.18. The van der Waals surface area contributed by atoms with Gasteiger partial charge in [-0.2, -0.15) is 13.2 Å². The van der Waals surface area contributed by atoms with E-state index in [-0.39, 0.29) is 5.69 Å². The molecule has 0 aliphatic carbocycles. The highest BCUT2D eigenvalue weighted by molar-refractivity contribution is 5.89. The number of hydrogen-bond acceptors (Lipinski definition) is 1. The largest absolute Gasteiger partial charge is 0.419 e. The van der Waals surface area contributed by atoms with Crippen LogP contribution in [0.3, 0.4) is 0 Å². The summed E-state index contributed by atoms with van der Waals surface area (Å²) in [5.74, 6) is -1.37. The van der Waals surface area contributed by atoms with Gasteiger partial charge in [-0.25, -0.2) is 9.18 Å². The molecule has 1 N–H and O–H groups in total. The molecule has 1 aromatic carbocycles. The van der Waals surface area contributed by atoms with Gasteiger partial charge in [0.1, 0.15) is 5.82 Å². The van der Waals surface area contributed by atoms with Crippen LogP contribution < -0.4 is 5.32 Å². The second kappa shape index (κ2) is 5.24. The summed E-state index contributed by atoms with van der Waals surface area (Å²) in [5.41, 5.74) is -1.51. The number of rotatable bonds is 2. The third-order valence-corrected chi connectivity index (χ3v) is 2.34. The van der Waals surface area contributed by atoms with Crippen LogP contribution in [0, 0.1) is 5.82 Å². The lowest BCUT2D eigenvalue weighted by Crippen LogP contribution is -2.31. The molecule has 100 valence electrons. The number of benzene rings is 1. The molecule has 0 saturated heterocycles. The Morgan fingerprint density at radius 2 is 2.00 bits per heavy atom. The summed E-state index contributed by atoms with van der Waals surface area (Å²) in [6.07, 6.45) is -4.79. The fourth-order valence-electron chi connectivity index (χ4n) is 1.18. The molecule has 3 nitrogen and oxygen atoms in total. The van der Waals surface area contributed by atoms with Crippen molar-refractivity contribution in [2.24, 2.45) is 0 Å². The van der Waals surface area contributed by atoms with Crippen LogP contribution >= 0.6 is 0 Å². The lowest BCUT2D eigenvalue weighted by molar-refractivity contribution is -0.139. The molecule has 0 unspecified atom stereocenters. The number of carbonyl (C=O) groups is 1. The van der Waals surface area contributed by atoms with Crippen LogP contribution in [0.5, 0.6) is 0 Å². The molecule has 0 aromatic heterocycles. The number of nitrogens with one attached hydrogen (secondary N) is 1. The molecule has 0 heterocycles. The topological polar surface area (TPSA) is 32.3 Å². The molecule has 1 rings (SSSR count). The maximum atomic E-state index is 13.0. The third-order valence-electron chi connectivity index (χ3n) is 2.34. The Bertz CT molecular complexity index is 445. The van der Waals surface area contributed by atoms with E-state index < -0.39 is 23.6 Å². The zero-order chi connectivity index (χ0) is 13.9. The van der Waals surface area contributed by atoms with Gasteiger partial charge in [0.25, 0.3) is 0 Å². The second-order valence-corrected chi connectivity index (χ2v) is 3.64. The van der Waals surface area contributed by atoms with Gasteiger partial charge in [-0.3, -0.25) is 0 Å². The van der Waals surface area contributed by atoms with Gasteiger partial charge in [-0.15, -0.1) is 0 Å². The van der Waals surface area contributed by atoms with Gasteiger partial charge >= 0.3 is 12.2 Å². The molecule has 0 bridgehead atoms. The average molecular weight is 264 g/mol. The molecule has 0 atom stereocenters. The number of anilines is 1. The predicted molar refractivity (Wildman–Crippen MR) is 58.7 cm³/mol. The number of halogens is 4. The monoisotopic (exact) mass is 264 g/mol. The van der Waals surface area contributed by atoms with E-state index in [1.54, 1.807) is 6.92 Å². The number of nitrogens with zero attached hydrogens (tertiary/aromatic N) is 1. The molecule has 0 aliphatic heterocycles. The zero-order valence-corrected chi connectivity index (χ0v) is 9.81. The highest BCUT2D eigenvalue weighted by Crippen LogP contribution is 2.32. The first-order valence-corrected chi connectivity index (χ1v) is 5.14. The first-order chi connectivity index (χ1) is 8.25. The Hall–Kier alpha value is -1.79. The van der Waals surface area contributed by atoms with Crippen LogP contribution in [0.1, 0.15) is 12.5 Å². The van der Waals surface area contributed by atoms with Crippen LogP contribution in [0.2, 0.25) is 0 Å². The van der Waals surface area contributed by atoms with E-state index in [0.717, 1.165) is 6.07 Å². The van der Waals surface area contributed by atoms with Gasteiger partial charge < -0.3 is 10.2 Å². The van der Waals surface area contributed by atoms with Gasteiger partial charge in [-0.05, 0) is 25.1 Å². The molecule has 0 aliphatic rings. The Morgan fingerprint density at radius 3 is 2.50 bits per heavy atom. The normalized spacial score (nSPS) is 11.2. The summed E-state index contributed by atoms with van der Waals surface area (Å²) < 4.78 is 50.3. The van der Waals surface area contributed by atoms with Crippen molar-refractivity contribution in [2.45, 2.75) is 13.1 Å². The van der Waals surface area contributed by atoms with Crippen LogP contribution in [0.4, 0.5) is 28.0 Å². The standard InChI is InChI=1S/C11H12F4N2O/c1-3-17(2)10(18)16-7-4-5-9(12)8(6-7)11(13,14)15/h4-6H,3H2,1-2H3,(H,16,18). The van der Waals surface area contributed by atoms with Gasteiger partial charge in [0.2, 0.25) is 0 Å². The summed E-state index contributed by atoms with van der Waals surface area (Å²) in [4.78, 5) is 12.7. The minimum Gasteiger partial charge on any atom is -0.328 e. The van der Waals surface area contributed by atoms with Crippen LogP contribution in [-0.2, 0) is 6.18 Å². The molecule has 0 spiro atoms. The lowest BCUT2D eigenvalue weighted by atomic mass is 10.2.